The fourth-order valence-corrected chi connectivity index (χ4v) is 4.60. The largest absolute Gasteiger partial charge is 0.371 e. The van der Waals surface area contributed by atoms with Crippen LogP contribution in [-0.2, 0) is 47.4 Å². The summed E-state index contributed by atoms with van der Waals surface area (Å²) in [6, 6.07) is 0. The van der Waals surface area contributed by atoms with Crippen molar-refractivity contribution in [1.29, 1.82) is 0 Å². The summed E-state index contributed by atoms with van der Waals surface area (Å²) in [4.78, 5) is 0. The number of epoxide rings is 2. The molecule has 6 aliphatic rings. The van der Waals surface area contributed by atoms with Gasteiger partial charge in [0.15, 0.2) is 0 Å². The maximum absolute atomic E-state index is 5.74. The third-order valence-corrected chi connectivity index (χ3v) is 6.58. The van der Waals surface area contributed by atoms with Crippen molar-refractivity contribution in [2.24, 2.45) is 0 Å². The van der Waals surface area contributed by atoms with E-state index in [0.717, 1.165) is 13.2 Å². The molecule has 6 heterocycles. The monoisotopic (exact) mass is 484 g/mol. The minimum Gasteiger partial charge on any atom is -0.371 e. The van der Waals surface area contributed by atoms with Crippen molar-refractivity contribution in [3.05, 3.63) is 25.3 Å². The summed E-state index contributed by atoms with van der Waals surface area (Å²) in [5, 5.41) is 0. The van der Waals surface area contributed by atoms with Gasteiger partial charge in [0.05, 0.1) is 66.1 Å². The van der Waals surface area contributed by atoms with Gasteiger partial charge in [-0.25, -0.2) is 0 Å². The van der Waals surface area contributed by atoms with Gasteiger partial charge >= 0.3 is 0 Å². The van der Waals surface area contributed by atoms with Crippen molar-refractivity contribution in [2.45, 2.75) is 61.0 Å². The standard InChI is InChI=1S/2C12H18O5/c2*1-2-3-13-9-6-16-12-10(7-17-11(9)12)15-5-8-4-14-8/h2*2,8-12H,1,3-7H2/t8?,9-,10+,11+,12+;8?,9-,10+,11-,12-/m01/s1. The summed E-state index contributed by atoms with van der Waals surface area (Å²) in [5.41, 5.74) is 0. The van der Waals surface area contributed by atoms with Crippen LogP contribution in [0.4, 0.5) is 0 Å². The first-order valence-electron chi connectivity index (χ1n) is 12.1. The number of fused-ring (bicyclic) bond motifs is 2. The summed E-state index contributed by atoms with van der Waals surface area (Å²) in [5.74, 6) is 0. The Balaban J connectivity index is 0.000000142. The van der Waals surface area contributed by atoms with E-state index >= 15 is 0 Å². The summed E-state index contributed by atoms with van der Waals surface area (Å²) in [6.07, 6.45) is 4.08. The zero-order valence-corrected chi connectivity index (χ0v) is 19.5. The molecule has 34 heavy (non-hydrogen) atoms. The van der Waals surface area contributed by atoms with Gasteiger partial charge < -0.3 is 47.4 Å². The number of hydrogen-bond acceptors (Lipinski definition) is 10. The molecule has 10 atom stereocenters. The topological polar surface area (TPSA) is 98.9 Å². The van der Waals surface area contributed by atoms with Crippen molar-refractivity contribution >= 4 is 0 Å². The lowest BCUT2D eigenvalue weighted by atomic mass is 10.1. The second kappa shape index (κ2) is 11.9. The van der Waals surface area contributed by atoms with E-state index in [0.29, 0.717) is 52.9 Å². The first-order chi connectivity index (χ1) is 16.8. The molecule has 0 aromatic carbocycles. The molecule has 6 saturated heterocycles. The second-order valence-electron chi connectivity index (χ2n) is 9.17. The van der Waals surface area contributed by atoms with Gasteiger partial charge in [0.2, 0.25) is 0 Å². The average molecular weight is 485 g/mol. The molecule has 0 aromatic heterocycles. The lowest BCUT2D eigenvalue weighted by Gasteiger charge is -2.16. The van der Waals surface area contributed by atoms with E-state index < -0.39 is 0 Å². The molecule has 0 spiro atoms. The van der Waals surface area contributed by atoms with Gasteiger partial charge in [-0.2, -0.15) is 0 Å². The Bertz CT molecular complexity index is 612. The third kappa shape index (κ3) is 6.25. The lowest BCUT2D eigenvalue weighted by molar-refractivity contribution is -0.0484. The maximum atomic E-state index is 5.74. The van der Waals surface area contributed by atoms with E-state index in [1.54, 1.807) is 12.2 Å². The molecule has 6 fully saturated rings. The normalized spacial score (nSPS) is 43.6. The Morgan fingerprint density at radius 3 is 1.12 bits per heavy atom. The SMILES string of the molecule is C=CCO[C@@H]1CO[C@H]2[C@@H]1OC[C@@H]2OCC1CO1.C=CCO[C@H]1CO[C@H]2[C@@H]1OC[C@H]2OCC1CO1. The van der Waals surface area contributed by atoms with Crippen LogP contribution in [0.15, 0.2) is 25.3 Å². The van der Waals surface area contributed by atoms with E-state index in [1.165, 1.54) is 0 Å². The van der Waals surface area contributed by atoms with Gasteiger partial charge in [-0.1, -0.05) is 12.2 Å². The van der Waals surface area contributed by atoms with Crippen LogP contribution in [0, 0.1) is 0 Å². The molecular weight excluding hydrogens is 448 g/mol. The van der Waals surface area contributed by atoms with E-state index in [4.69, 9.17) is 47.4 Å². The van der Waals surface area contributed by atoms with Crippen LogP contribution in [0.2, 0.25) is 0 Å². The van der Waals surface area contributed by atoms with Crippen LogP contribution in [0.25, 0.3) is 0 Å². The summed E-state index contributed by atoms with van der Waals surface area (Å²) >= 11 is 0. The predicted octanol–water partition coefficient (Wildman–Crippen LogP) is 0.278. The van der Waals surface area contributed by atoms with Gasteiger partial charge in [0, 0.05) is 0 Å². The zero-order valence-electron chi connectivity index (χ0n) is 19.5. The van der Waals surface area contributed by atoms with Crippen molar-refractivity contribution < 1.29 is 47.4 Å². The molecule has 0 radical (unpaired) electrons. The molecule has 0 aliphatic carbocycles. The van der Waals surface area contributed by atoms with Crippen molar-refractivity contribution in [2.75, 3.05) is 66.1 Å². The predicted molar refractivity (Wildman–Crippen MR) is 118 cm³/mol. The maximum Gasteiger partial charge on any atom is 0.115 e. The third-order valence-electron chi connectivity index (χ3n) is 6.58. The van der Waals surface area contributed by atoms with E-state index in [9.17, 15) is 0 Å². The van der Waals surface area contributed by atoms with Crippen molar-refractivity contribution in [1.82, 2.24) is 0 Å². The number of rotatable bonds is 12. The molecule has 0 bridgehead atoms. The summed E-state index contributed by atoms with van der Waals surface area (Å²) in [7, 11) is 0. The Kier molecular flexibility index (Phi) is 8.65. The molecule has 0 saturated carbocycles. The van der Waals surface area contributed by atoms with Gasteiger partial charge in [0.1, 0.15) is 61.0 Å². The molecule has 2 unspecified atom stereocenters. The first kappa shape index (κ1) is 24.8. The molecule has 0 aromatic rings. The highest BCUT2D eigenvalue weighted by Crippen LogP contribution is 2.32. The minimum atomic E-state index is 0.0000661. The van der Waals surface area contributed by atoms with Gasteiger partial charge in [-0.15, -0.1) is 13.2 Å². The minimum absolute atomic E-state index is 0.0000661. The Labute approximate surface area is 200 Å². The summed E-state index contributed by atoms with van der Waals surface area (Å²) in [6.45, 7) is 13.5. The van der Waals surface area contributed by atoms with Crippen LogP contribution in [0.1, 0.15) is 0 Å². The van der Waals surface area contributed by atoms with Gasteiger partial charge in [0.25, 0.3) is 0 Å². The molecule has 0 amide bonds. The lowest BCUT2D eigenvalue weighted by Crippen LogP contribution is -2.34. The van der Waals surface area contributed by atoms with Crippen molar-refractivity contribution in [3.63, 3.8) is 0 Å². The average Bonchev–Trinajstić information content (AvgIpc) is 3.68. The molecule has 10 nitrogen and oxygen atoms in total. The molecule has 6 aliphatic heterocycles. The second-order valence-corrected chi connectivity index (χ2v) is 9.17. The fraction of sp³-hybridized carbons (Fsp3) is 0.833. The van der Waals surface area contributed by atoms with Gasteiger partial charge in [-0.05, 0) is 0 Å². The highest BCUT2D eigenvalue weighted by molar-refractivity contribution is 4.97. The highest BCUT2D eigenvalue weighted by Gasteiger charge is 2.50. The van der Waals surface area contributed by atoms with Crippen LogP contribution >= 0.6 is 0 Å². The quantitative estimate of drug-likeness (QED) is 0.284. The molecule has 192 valence electrons. The van der Waals surface area contributed by atoms with Crippen molar-refractivity contribution in [3.8, 4) is 0 Å². The van der Waals surface area contributed by atoms with E-state index in [2.05, 4.69) is 13.2 Å². The van der Waals surface area contributed by atoms with E-state index in [1.807, 2.05) is 0 Å². The zero-order chi connectivity index (χ0) is 23.3. The Hall–Kier alpha value is -0.920. The highest BCUT2D eigenvalue weighted by atomic mass is 16.7. The molecule has 6 rings (SSSR count). The van der Waals surface area contributed by atoms with Gasteiger partial charge in [-0.3, -0.25) is 0 Å². The molecule has 10 heteroatoms. The van der Waals surface area contributed by atoms with E-state index in [-0.39, 0.29) is 61.0 Å². The van der Waals surface area contributed by atoms with Crippen LogP contribution < -0.4 is 0 Å². The number of hydrogen-bond donors (Lipinski definition) is 0. The van der Waals surface area contributed by atoms with Crippen LogP contribution in [-0.4, -0.2) is 127 Å². The number of ether oxygens (including phenoxy) is 10. The first-order valence-corrected chi connectivity index (χ1v) is 12.1. The molecular formula is C24H36O10. The van der Waals surface area contributed by atoms with Crippen LogP contribution in [0.5, 0.6) is 0 Å². The smallest absolute Gasteiger partial charge is 0.115 e. The summed E-state index contributed by atoms with van der Waals surface area (Å²) < 4.78 is 55.7. The molecule has 0 N–H and O–H groups in total. The fourth-order valence-electron chi connectivity index (χ4n) is 4.60. The Morgan fingerprint density at radius 1 is 0.500 bits per heavy atom. The Morgan fingerprint density at radius 2 is 0.824 bits per heavy atom. The van der Waals surface area contributed by atoms with Crippen LogP contribution in [0.3, 0.4) is 0 Å².